The molecule has 6 nitrogen and oxygen atoms in total. The topological polar surface area (TPSA) is 70.2 Å². The molecule has 2 rings (SSSR count). The molecule has 1 aliphatic heterocycles. The van der Waals surface area contributed by atoms with Crippen molar-refractivity contribution in [3.8, 4) is 0 Å². The van der Waals surface area contributed by atoms with E-state index in [1.54, 1.807) is 24.5 Å². The summed E-state index contributed by atoms with van der Waals surface area (Å²) in [5, 5.41) is 2.93. The van der Waals surface area contributed by atoms with Gasteiger partial charge in [0.15, 0.2) is 5.82 Å². The Morgan fingerprint density at radius 3 is 3.27 bits per heavy atom. The van der Waals surface area contributed by atoms with Gasteiger partial charge in [-0.2, -0.15) is 0 Å². The van der Waals surface area contributed by atoms with Gasteiger partial charge in [-0.3, -0.25) is 9.69 Å². The van der Waals surface area contributed by atoms with E-state index in [1.165, 1.54) is 0 Å². The van der Waals surface area contributed by atoms with Crippen LogP contribution in [0.2, 0.25) is 0 Å². The van der Waals surface area contributed by atoms with Gasteiger partial charge < -0.3 is 15.0 Å². The number of aromatic amines is 1. The SMILES string of the molecule is CNC1COCCN(c2c[nH]cn2)C1=O. The van der Waals surface area contributed by atoms with Crippen LogP contribution in [0, 0.1) is 0 Å². The van der Waals surface area contributed by atoms with Crippen molar-refractivity contribution in [2.24, 2.45) is 0 Å². The average molecular weight is 210 g/mol. The number of rotatable bonds is 2. The fraction of sp³-hybridized carbons (Fsp3) is 0.556. The Bertz CT molecular complexity index is 325. The van der Waals surface area contributed by atoms with Crippen LogP contribution < -0.4 is 10.2 Å². The van der Waals surface area contributed by atoms with Gasteiger partial charge in [-0.15, -0.1) is 0 Å². The highest BCUT2D eigenvalue weighted by molar-refractivity contribution is 5.96. The summed E-state index contributed by atoms with van der Waals surface area (Å²) in [4.78, 5) is 20.5. The Labute approximate surface area is 87.6 Å². The van der Waals surface area contributed by atoms with Crippen LogP contribution in [0.4, 0.5) is 5.82 Å². The predicted octanol–water partition coefficient (Wildman–Crippen LogP) is -0.639. The van der Waals surface area contributed by atoms with E-state index in [4.69, 9.17) is 4.74 Å². The molecule has 1 amide bonds. The van der Waals surface area contributed by atoms with Crippen molar-refractivity contribution < 1.29 is 9.53 Å². The van der Waals surface area contributed by atoms with Crippen molar-refractivity contribution in [3.05, 3.63) is 12.5 Å². The Hall–Kier alpha value is -1.40. The van der Waals surface area contributed by atoms with E-state index < -0.39 is 0 Å². The minimum atomic E-state index is -0.288. The summed E-state index contributed by atoms with van der Waals surface area (Å²) >= 11 is 0. The summed E-state index contributed by atoms with van der Waals surface area (Å²) in [6.45, 7) is 1.49. The highest BCUT2D eigenvalue weighted by atomic mass is 16.5. The van der Waals surface area contributed by atoms with Crippen LogP contribution in [-0.4, -0.2) is 48.7 Å². The molecular formula is C9H14N4O2. The number of nitrogens with one attached hydrogen (secondary N) is 2. The lowest BCUT2D eigenvalue weighted by atomic mass is 10.3. The Morgan fingerprint density at radius 1 is 1.73 bits per heavy atom. The van der Waals surface area contributed by atoms with E-state index in [2.05, 4.69) is 15.3 Å². The summed E-state index contributed by atoms with van der Waals surface area (Å²) in [5.74, 6) is 0.646. The van der Waals surface area contributed by atoms with Crippen molar-refractivity contribution in [1.82, 2.24) is 15.3 Å². The van der Waals surface area contributed by atoms with Gasteiger partial charge in [0, 0.05) is 6.20 Å². The third-order valence-electron chi connectivity index (χ3n) is 2.42. The van der Waals surface area contributed by atoms with Gasteiger partial charge in [0.2, 0.25) is 5.91 Å². The maximum atomic E-state index is 12.0. The van der Waals surface area contributed by atoms with Crippen LogP contribution in [-0.2, 0) is 9.53 Å². The van der Waals surface area contributed by atoms with Crippen molar-refractivity contribution >= 4 is 11.7 Å². The first-order chi connectivity index (χ1) is 7.33. The number of imidazole rings is 1. The molecule has 0 bridgehead atoms. The standard InChI is InChI=1S/C9H14N4O2/c1-10-7-5-15-3-2-13(9(7)14)8-4-11-6-12-8/h4,6-7,10H,2-3,5H2,1H3,(H,11,12). The van der Waals surface area contributed by atoms with Crippen LogP contribution >= 0.6 is 0 Å². The number of anilines is 1. The largest absolute Gasteiger partial charge is 0.377 e. The van der Waals surface area contributed by atoms with Gasteiger partial charge in [0.25, 0.3) is 0 Å². The number of amides is 1. The fourth-order valence-corrected chi connectivity index (χ4v) is 1.56. The third-order valence-corrected chi connectivity index (χ3v) is 2.42. The summed E-state index contributed by atoms with van der Waals surface area (Å²) in [7, 11) is 1.75. The minimum Gasteiger partial charge on any atom is -0.377 e. The second kappa shape index (κ2) is 4.41. The molecule has 1 fully saturated rings. The summed E-state index contributed by atoms with van der Waals surface area (Å²) in [6.07, 6.45) is 3.26. The first-order valence-corrected chi connectivity index (χ1v) is 4.88. The van der Waals surface area contributed by atoms with E-state index in [-0.39, 0.29) is 11.9 Å². The maximum absolute atomic E-state index is 12.0. The molecule has 0 aliphatic carbocycles. The zero-order valence-corrected chi connectivity index (χ0v) is 8.56. The van der Waals surface area contributed by atoms with Gasteiger partial charge in [-0.05, 0) is 7.05 Å². The second-order valence-electron chi connectivity index (χ2n) is 3.33. The van der Waals surface area contributed by atoms with Crippen molar-refractivity contribution in [3.63, 3.8) is 0 Å². The van der Waals surface area contributed by atoms with Crippen LogP contribution in [0.5, 0.6) is 0 Å². The molecular weight excluding hydrogens is 196 g/mol. The molecule has 0 radical (unpaired) electrons. The van der Waals surface area contributed by atoms with Gasteiger partial charge in [0.05, 0.1) is 26.1 Å². The molecule has 2 heterocycles. The lowest BCUT2D eigenvalue weighted by molar-refractivity contribution is -0.120. The summed E-state index contributed by atoms with van der Waals surface area (Å²) < 4.78 is 5.33. The Morgan fingerprint density at radius 2 is 2.60 bits per heavy atom. The lowest BCUT2D eigenvalue weighted by Crippen LogP contribution is -2.46. The van der Waals surface area contributed by atoms with Crippen molar-refractivity contribution in [2.75, 3.05) is 31.7 Å². The monoisotopic (exact) mass is 210 g/mol. The van der Waals surface area contributed by atoms with E-state index in [1.807, 2.05) is 0 Å². The number of ether oxygens (including phenoxy) is 1. The zero-order chi connectivity index (χ0) is 10.7. The maximum Gasteiger partial charge on any atom is 0.247 e. The van der Waals surface area contributed by atoms with E-state index in [0.29, 0.717) is 25.6 Å². The van der Waals surface area contributed by atoms with Gasteiger partial charge in [-0.25, -0.2) is 4.98 Å². The zero-order valence-electron chi connectivity index (χ0n) is 8.56. The van der Waals surface area contributed by atoms with E-state index >= 15 is 0 Å². The summed E-state index contributed by atoms with van der Waals surface area (Å²) in [5.41, 5.74) is 0. The van der Waals surface area contributed by atoms with E-state index in [0.717, 1.165) is 0 Å². The van der Waals surface area contributed by atoms with Crippen LogP contribution in [0.1, 0.15) is 0 Å². The van der Waals surface area contributed by atoms with Crippen LogP contribution in [0.15, 0.2) is 12.5 Å². The van der Waals surface area contributed by atoms with Crippen molar-refractivity contribution in [2.45, 2.75) is 6.04 Å². The first kappa shape index (κ1) is 10.1. The molecule has 0 saturated carbocycles. The molecule has 0 spiro atoms. The number of hydrogen-bond donors (Lipinski definition) is 2. The highest BCUT2D eigenvalue weighted by Gasteiger charge is 2.27. The second-order valence-corrected chi connectivity index (χ2v) is 3.33. The van der Waals surface area contributed by atoms with Crippen molar-refractivity contribution in [1.29, 1.82) is 0 Å². The number of H-pyrrole nitrogens is 1. The third kappa shape index (κ3) is 2.00. The minimum absolute atomic E-state index is 0.00194. The molecule has 2 N–H and O–H groups in total. The molecule has 1 aromatic rings. The Kier molecular flexibility index (Phi) is 2.98. The number of nitrogens with zero attached hydrogens (tertiary/aromatic N) is 2. The lowest BCUT2D eigenvalue weighted by Gasteiger charge is -2.20. The normalized spacial score (nSPS) is 22.9. The predicted molar refractivity (Wildman–Crippen MR) is 54.6 cm³/mol. The number of carbonyl (C=O) groups excluding carboxylic acids is 1. The molecule has 82 valence electrons. The quantitative estimate of drug-likeness (QED) is 0.681. The summed E-state index contributed by atoms with van der Waals surface area (Å²) in [6, 6.07) is -0.288. The molecule has 1 unspecified atom stereocenters. The Balaban J connectivity index is 2.19. The smallest absolute Gasteiger partial charge is 0.247 e. The highest BCUT2D eigenvalue weighted by Crippen LogP contribution is 2.12. The molecule has 1 atom stereocenters. The van der Waals surface area contributed by atoms with Gasteiger partial charge in [0.1, 0.15) is 6.04 Å². The molecule has 1 aliphatic rings. The van der Waals surface area contributed by atoms with Gasteiger partial charge in [-0.1, -0.05) is 0 Å². The number of aromatic nitrogens is 2. The van der Waals surface area contributed by atoms with Crippen LogP contribution in [0.25, 0.3) is 0 Å². The molecule has 6 heteroatoms. The first-order valence-electron chi connectivity index (χ1n) is 4.88. The molecule has 0 aromatic carbocycles. The molecule has 15 heavy (non-hydrogen) atoms. The van der Waals surface area contributed by atoms with Gasteiger partial charge >= 0.3 is 0 Å². The van der Waals surface area contributed by atoms with Crippen LogP contribution in [0.3, 0.4) is 0 Å². The average Bonchev–Trinajstić information content (AvgIpc) is 2.70. The molecule has 1 aromatic heterocycles. The van der Waals surface area contributed by atoms with E-state index in [9.17, 15) is 4.79 Å². The number of carbonyl (C=O) groups is 1. The number of hydrogen-bond acceptors (Lipinski definition) is 4. The molecule has 1 saturated heterocycles. The fourth-order valence-electron chi connectivity index (χ4n) is 1.56. The number of likely N-dealkylation sites (N-methyl/N-ethyl adjacent to an activating group) is 1.